The van der Waals surface area contributed by atoms with Crippen LogP contribution in [0.1, 0.15) is 47.6 Å². The van der Waals surface area contributed by atoms with Crippen LogP contribution >= 0.6 is 0 Å². The number of nitrogens with two attached hydrogens (primary N) is 1. The van der Waals surface area contributed by atoms with Crippen LogP contribution in [-0.2, 0) is 0 Å². The molecule has 1 saturated carbocycles. The lowest BCUT2D eigenvalue weighted by Gasteiger charge is -2.42. The predicted molar refractivity (Wildman–Crippen MR) is 101 cm³/mol. The molecular formula is C19H30N6O. The summed E-state index contributed by atoms with van der Waals surface area (Å²) in [6.45, 7) is 9.16. The predicted octanol–water partition coefficient (Wildman–Crippen LogP) is 0.941. The van der Waals surface area contributed by atoms with E-state index < -0.39 is 0 Å². The number of amides is 1. The summed E-state index contributed by atoms with van der Waals surface area (Å²) < 4.78 is 0. The summed E-state index contributed by atoms with van der Waals surface area (Å²) in [6.07, 6.45) is 4.95. The van der Waals surface area contributed by atoms with Crippen LogP contribution in [0.25, 0.3) is 0 Å². The largest absolute Gasteiger partial charge is 0.355 e. The molecule has 2 aliphatic heterocycles. The average Bonchev–Trinajstić information content (AvgIpc) is 3.02. The summed E-state index contributed by atoms with van der Waals surface area (Å²) >= 11 is 0. The second-order valence-electron chi connectivity index (χ2n) is 7.99. The van der Waals surface area contributed by atoms with Crippen LogP contribution < -0.4 is 10.6 Å². The molecule has 1 amide bonds. The number of aromatic nitrogens is 2. The van der Waals surface area contributed by atoms with E-state index in [1.54, 1.807) is 0 Å². The number of aryl methyl sites for hydroxylation is 1. The van der Waals surface area contributed by atoms with Crippen molar-refractivity contribution in [2.75, 3.05) is 44.2 Å². The number of rotatable bonds is 3. The molecule has 0 unspecified atom stereocenters. The van der Waals surface area contributed by atoms with Gasteiger partial charge in [-0.25, -0.2) is 9.97 Å². The summed E-state index contributed by atoms with van der Waals surface area (Å²) in [5.41, 5.74) is 7.98. The van der Waals surface area contributed by atoms with Crippen LogP contribution in [0.2, 0.25) is 0 Å². The maximum atomic E-state index is 13.0. The Morgan fingerprint density at radius 2 is 1.77 bits per heavy atom. The molecule has 2 saturated heterocycles. The van der Waals surface area contributed by atoms with Crippen molar-refractivity contribution in [3.05, 3.63) is 17.1 Å². The minimum Gasteiger partial charge on any atom is -0.355 e. The van der Waals surface area contributed by atoms with E-state index >= 15 is 0 Å². The highest BCUT2D eigenvalue weighted by atomic mass is 16.2. The van der Waals surface area contributed by atoms with Crippen molar-refractivity contribution in [2.45, 2.75) is 51.6 Å². The zero-order valence-electron chi connectivity index (χ0n) is 15.9. The standard InChI is InChI=1S/C19H30N6O/c1-13-14(2)21-17(22-18(13)25-7-6-15(20)12-25)19(26)24-10-8-23(9-11-24)16-4-3-5-16/h15-16H,3-12,20H2,1-2H3/t15-/m1/s1. The van der Waals surface area contributed by atoms with Crippen molar-refractivity contribution in [1.82, 2.24) is 19.8 Å². The highest BCUT2D eigenvalue weighted by molar-refractivity contribution is 5.91. The van der Waals surface area contributed by atoms with E-state index in [1.807, 2.05) is 18.7 Å². The lowest BCUT2D eigenvalue weighted by atomic mass is 9.91. The number of hydrogen-bond donors (Lipinski definition) is 1. The van der Waals surface area contributed by atoms with E-state index in [1.165, 1.54) is 19.3 Å². The fraction of sp³-hybridized carbons (Fsp3) is 0.737. The van der Waals surface area contributed by atoms with Gasteiger partial charge in [0.15, 0.2) is 0 Å². The summed E-state index contributed by atoms with van der Waals surface area (Å²) in [6, 6.07) is 0.930. The zero-order valence-corrected chi connectivity index (χ0v) is 15.9. The molecule has 7 heteroatoms. The smallest absolute Gasteiger partial charge is 0.291 e. The van der Waals surface area contributed by atoms with Crippen LogP contribution in [0.5, 0.6) is 0 Å². The Morgan fingerprint density at radius 3 is 2.35 bits per heavy atom. The van der Waals surface area contributed by atoms with E-state index in [9.17, 15) is 4.79 Å². The summed E-state index contributed by atoms with van der Waals surface area (Å²) in [7, 11) is 0. The number of carbonyl (C=O) groups excluding carboxylic acids is 1. The lowest BCUT2D eigenvalue weighted by molar-refractivity contribution is 0.0446. The molecule has 1 atom stereocenters. The number of nitrogens with zero attached hydrogens (tertiary/aromatic N) is 5. The van der Waals surface area contributed by atoms with E-state index in [0.717, 1.165) is 68.8 Å². The van der Waals surface area contributed by atoms with Gasteiger partial charge in [-0.2, -0.15) is 0 Å². The van der Waals surface area contributed by atoms with Gasteiger partial charge in [-0.15, -0.1) is 0 Å². The first kappa shape index (κ1) is 17.7. The van der Waals surface area contributed by atoms with Gasteiger partial charge in [-0.3, -0.25) is 9.69 Å². The molecule has 0 spiro atoms. The van der Waals surface area contributed by atoms with Crippen LogP contribution in [0.3, 0.4) is 0 Å². The number of carbonyl (C=O) groups is 1. The van der Waals surface area contributed by atoms with Gasteiger partial charge in [0.1, 0.15) is 5.82 Å². The van der Waals surface area contributed by atoms with Gasteiger partial charge in [0, 0.05) is 62.6 Å². The SMILES string of the molecule is Cc1nc(C(=O)N2CCN(C3CCC3)CC2)nc(N2CC[C@@H](N)C2)c1C. The molecule has 0 aromatic carbocycles. The topological polar surface area (TPSA) is 78.6 Å². The number of piperazine rings is 1. The van der Waals surface area contributed by atoms with Crippen molar-refractivity contribution < 1.29 is 4.79 Å². The van der Waals surface area contributed by atoms with Gasteiger partial charge in [-0.05, 0) is 33.1 Å². The Morgan fingerprint density at radius 1 is 1.04 bits per heavy atom. The van der Waals surface area contributed by atoms with E-state index in [-0.39, 0.29) is 11.9 Å². The Hall–Kier alpha value is -1.73. The van der Waals surface area contributed by atoms with Gasteiger partial charge < -0.3 is 15.5 Å². The molecule has 2 N–H and O–H groups in total. The molecule has 142 valence electrons. The molecule has 1 aromatic rings. The first-order chi connectivity index (χ1) is 12.5. The zero-order chi connectivity index (χ0) is 18.3. The first-order valence-corrected chi connectivity index (χ1v) is 9.92. The van der Waals surface area contributed by atoms with E-state index in [2.05, 4.69) is 19.8 Å². The normalized spacial score (nSPS) is 24.8. The summed E-state index contributed by atoms with van der Waals surface area (Å²) in [5.74, 6) is 1.17. The van der Waals surface area contributed by atoms with Crippen molar-refractivity contribution in [3.8, 4) is 0 Å². The van der Waals surface area contributed by atoms with Gasteiger partial charge >= 0.3 is 0 Å². The van der Waals surface area contributed by atoms with Crippen molar-refractivity contribution in [2.24, 2.45) is 5.73 Å². The molecule has 3 fully saturated rings. The van der Waals surface area contributed by atoms with Gasteiger partial charge in [-0.1, -0.05) is 6.42 Å². The fourth-order valence-electron chi connectivity index (χ4n) is 4.18. The van der Waals surface area contributed by atoms with Crippen molar-refractivity contribution in [1.29, 1.82) is 0 Å². The highest BCUT2D eigenvalue weighted by Crippen LogP contribution is 2.26. The average molecular weight is 358 g/mol. The van der Waals surface area contributed by atoms with Crippen LogP contribution in [-0.4, -0.2) is 77.0 Å². The van der Waals surface area contributed by atoms with Crippen molar-refractivity contribution in [3.63, 3.8) is 0 Å². The Bertz CT molecular complexity index is 681. The minimum absolute atomic E-state index is 0.0360. The summed E-state index contributed by atoms with van der Waals surface area (Å²) in [5, 5.41) is 0. The van der Waals surface area contributed by atoms with Gasteiger partial charge in [0.25, 0.3) is 5.91 Å². The second-order valence-corrected chi connectivity index (χ2v) is 7.99. The Labute approximate surface area is 155 Å². The monoisotopic (exact) mass is 358 g/mol. The molecule has 1 aromatic heterocycles. The molecule has 26 heavy (non-hydrogen) atoms. The molecule has 3 aliphatic rings. The van der Waals surface area contributed by atoms with Gasteiger partial charge in [0.2, 0.25) is 5.82 Å². The van der Waals surface area contributed by atoms with E-state index in [4.69, 9.17) is 5.73 Å². The van der Waals surface area contributed by atoms with Crippen molar-refractivity contribution >= 4 is 11.7 Å². The third kappa shape index (κ3) is 3.30. The molecule has 0 bridgehead atoms. The molecule has 7 nitrogen and oxygen atoms in total. The van der Waals surface area contributed by atoms with Crippen LogP contribution in [0, 0.1) is 13.8 Å². The molecule has 4 rings (SSSR count). The first-order valence-electron chi connectivity index (χ1n) is 9.92. The van der Waals surface area contributed by atoms with Gasteiger partial charge in [0.05, 0.1) is 0 Å². The van der Waals surface area contributed by atoms with Crippen LogP contribution in [0.15, 0.2) is 0 Å². The third-order valence-corrected chi connectivity index (χ3v) is 6.27. The fourth-order valence-corrected chi connectivity index (χ4v) is 4.18. The van der Waals surface area contributed by atoms with Crippen LogP contribution in [0.4, 0.5) is 5.82 Å². The quantitative estimate of drug-likeness (QED) is 0.866. The molecule has 3 heterocycles. The maximum Gasteiger partial charge on any atom is 0.291 e. The lowest BCUT2D eigenvalue weighted by Crippen LogP contribution is -2.53. The molecule has 0 radical (unpaired) electrons. The number of anilines is 1. The minimum atomic E-state index is -0.0360. The van der Waals surface area contributed by atoms with E-state index in [0.29, 0.717) is 5.82 Å². The molecule has 1 aliphatic carbocycles. The third-order valence-electron chi connectivity index (χ3n) is 6.27. The second kappa shape index (κ2) is 7.12. The summed E-state index contributed by atoms with van der Waals surface area (Å²) in [4.78, 5) is 28.8. The Kier molecular flexibility index (Phi) is 4.84. The molecular weight excluding hydrogens is 328 g/mol. The number of hydrogen-bond acceptors (Lipinski definition) is 6. The highest BCUT2D eigenvalue weighted by Gasteiger charge is 2.31. The maximum absolute atomic E-state index is 13.0. The Balaban J connectivity index is 1.48.